The Bertz CT molecular complexity index is 771. The zero-order chi connectivity index (χ0) is 19.8. The number of aryl methyl sites for hydroxylation is 1. The molecule has 152 valence electrons. The monoisotopic (exact) mass is 388 g/mol. The maximum absolute atomic E-state index is 13.3. The van der Waals surface area contributed by atoms with Gasteiger partial charge >= 0.3 is 0 Å². The predicted octanol–water partition coefficient (Wildman–Crippen LogP) is 2.51. The van der Waals surface area contributed by atoms with Crippen molar-refractivity contribution in [2.24, 2.45) is 4.99 Å². The topological polar surface area (TPSA) is 62.0 Å². The summed E-state index contributed by atoms with van der Waals surface area (Å²) in [5.41, 5.74) is 0.959. The molecule has 1 aromatic carbocycles. The van der Waals surface area contributed by atoms with Crippen LogP contribution in [-0.4, -0.2) is 57.3 Å². The molecule has 28 heavy (non-hydrogen) atoms. The van der Waals surface area contributed by atoms with Crippen molar-refractivity contribution in [2.45, 2.75) is 19.4 Å². The molecule has 1 fully saturated rings. The van der Waals surface area contributed by atoms with Gasteiger partial charge in [-0.25, -0.2) is 4.39 Å². The van der Waals surface area contributed by atoms with Gasteiger partial charge in [0.2, 0.25) is 0 Å². The van der Waals surface area contributed by atoms with Gasteiger partial charge in [0.1, 0.15) is 17.3 Å². The number of nitrogens with one attached hydrogen (secondary N) is 2. The normalized spacial score (nSPS) is 16.8. The number of hydrogen-bond acceptors (Lipinski definition) is 4. The smallest absolute Gasteiger partial charge is 0.191 e. The highest BCUT2D eigenvalue weighted by molar-refractivity contribution is 5.79. The Labute approximate surface area is 165 Å². The van der Waals surface area contributed by atoms with Gasteiger partial charge in [0, 0.05) is 33.2 Å². The molecule has 0 spiro atoms. The molecule has 2 heterocycles. The number of furan rings is 1. The van der Waals surface area contributed by atoms with Crippen molar-refractivity contribution in [1.29, 1.82) is 0 Å². The summed E-state index contributed by atoms with van der Waals surface area (Å²) in [5, 5.41) is 6.69. The van der Waals surface area contributed by atoms with Crippen LogP contribution >= 0.6 is 0 Å². The number of hydrogen-bond donors (Lipinski definition) is 2. The molecule has 2 aromatic rings. The van der Waals surface area contributed by atoms with Crippen LogP contribution in [0.25, 0.3) is 0 Å². The summed E-state index contributed by atoms with van der Waals surface area (Å²) >= 11 is 0. The number of benzene rings is 1. The van der Waals surface area contributed by atoms with E-state index in [9.17, 15) is 4.39 Å². The van der Waals surface area contributed by atoms with Crippen molar-refractivity contribution in [3.8, 4) is 0 Å². The van der Waals surface area contributed by atoms with E-state index in [4.69, 9.17) is 9.15 Å². The molecular formula is C21H29FN4O2. The van der Waals surface area contributed by atoms with Gasteiger partial charge < -0.3 is 19.8 Å². The first-order valence-corrected chi connectivity index (χ1v) is 9.73. The molecular weight excluding hydrogens is 359 g/mol. The molecule has 0 bridgehead atoms. The van der Waals surface area contributed by atoms with Gasteiger partial charge in [0.05, 0.1) is 19.3 Å². The number of morpholine rings is 1. The molecule has 6 nitrogen and oxygen atoms in total. The second kappa shape index (κ2) is 10.2. The highest BCUT2D eigenvalue weighted by atomic mass is 19.1. The molecule has 7 heteroatoms. The number of aliphatic imine (C=N–C) groups is 1. The molecule has 0 radical (unpaired) electrons. The standard InChI is InChI=1S/C21H29FN4O2/c1-16-6-7-20(28-16)19(26-10-12-27-13-11-26)15-25-21(23-2)24-9-8-17-4-3-5-18(22)14-17/h3-7,14,19H,8-13,15H2,1-2H3,(H2,23,24,25). The van der Waals surface area contributed by atoms with Crippen molar-refractivity contribution in [3.63, 3.8) is 0 Å². The third-order valence-corrected chi connectivity index (χ3v) is 4.86. The Hall–Kier alpha value is -2.38. The largest absolute Gasteiger partial charge is 0.465 e. The van der Waals surface area contributed by atoms with Crippen molar-refractivity contribution in [3.05, 3.63) is 59.3 Å². The average molecular weight is 388 g/mol. The summed E-state index contributed by atoms with van der Waals surface area (Å²) in [6, 6.07) is 10.8. The molecule has 0 amide bonds. The molecule has 2 N–H and O–H groups in total. The number of nitrogens with zero attached hydrogens (tertiary/aromatic N) is 2. The third-order valence-electron chi connectivity index (χ3n) is 4.86. The number of halogens is 1. The van der Waals surface area contributed by atoms with Crippen molar-refractivity contribution in [1.82, 2.24) is 15.5 Å². The van der Waals surface area contributed by atoms with E-state index in [0.29, 0.717) is 13.1 Å². The summed E-state index contributed by atoms with van der Waals surface area (Å²) in [6.07, 6.45) is 0.725. The Morgan fingerprint density at radius 1 is 1.21 bits per heavy atom. The number of ether oxygens (including phenoxy) is 1. The molecule has 1 saturated heterocycles. The summed E-state index contributed by atoms with van der Waals surface area (Å²) in [5.74, 6) is 2.37. The van der Waals surface area contributed by atoms with Gasteiger partial charge in [-0.1, -0.05) is 12.1 Å². The van der Waals surface area contributed by atoms with Gasteiger partial charge in [0.15, 0.2) is 5.96 Å². The van der Waals surface area contributed by atoms with Crippen molar-refractivity contribution < 1.29 is 13.5 Å². The first kappa shape index (κ1) is 20.4. The Kier molecular flexibility index (Phi) is 7.45. The number of guanidine groups is 1. The zero-order valence-electron chi connectivity index (χ0n) is 16.6. The van der Waals surface area contributed by atoms with E-state index in [2.05, 4.69) is 20.5 Å². The third kappa shape index (κ3) is 5.81. The average Bonchev–Trinajstić information content (AvgIpc) is 3.13. The lowest BCUT2D eigenvalue weighted by Crippen LogP contribution is -2.46. The van der Waals surface area contributed by atoms with Crippen LogP contribution in [0.5, 0.6) is 0 Å². The van der Waals surface area contributed by atoms with E-state index in [0.717, 1.165) is 55.8 Å². The fourth-order valence-corrected chi connectivity index (χ4v) is 3.36. The predicted molar refractivity (Wildman–Crippen MR) is 108 cm³/mol. The fraction of sp³-hybridized carbons (Fsp3) is 0.476. The molecule has 0 aliphatic carbocycles. The number of rotatable bonds is 7. The molecule has 1 aliphatic rings. The minimum absolute atomic E-state index is 0.111. The summed E-state index contributed by atoms with van der Waals surface area (Å²) < 4.78 is 24.7. The minimum atomic E-state index is -0.206. The lowest BCUT2D eigenvalue weighted by molar-refractivity contribution is 0.0124. The van der Waals surface area contributed by atoms with Crippen molar-refractivity contribution in [2.75, 3.05) is 46.4 Å². The van der Waals surface area contributed by atoms with Crippen LogP contribution < -0.4 is 10.6 Å². The summed E-state index contributed by atoms with van der Waals surface area (Å²) in [6.45, 7) is 6.51. The van der Waals surface area contributed by atoms with Gasteiger partial charge in [-0.15, -0.1) is 0 Å². The van der Waals surface area contributed by atoms with E-state index in [1.807, 2.05) is 25.1 Å². The summed E-state index contributed by atoms with van der Waals surface area (Å²) in [4.78, 5) is 6.67. The molecule has 1 aliphatic heterocycles. The van der Waals surface area contributed by atoms with E-state index >= 15 is 0 Å². The van der Waals surface area contributed by atoms with E-state index in [1.54, 1.807) is 19.2 Å². The molecule has 3 rings (SSSR count). The van der Waals surface area contributed by atoms with E-state index in [-0.39, 0.29) is 11.9 Å². The van der Waals surface area contributed by atoms with Crippen LogP contribution in [0.2, 0.25) is 0 Å². The first-order valence-electron chi connectivity index (χ1n) is 9.73. The molecule has 1 unspecified atom stereocenters. The molecule has 1 atom stereocenters. The first-order chi connectivity index (χ1) is 13.7. The molecule has 0 saturated carbocycles. The Balaban J connectivity index is 1.54. The quantitative estimate of drug-likeness (QED) is 0.564. The highest BCUT2D eigenvalue weighted by Gasteiger charge is 2.25. The van der Waals surface area contributed by atoms with Gasteiger partial charge in [-0.3, -0.25) is 9.89 Å². The zero-order valence-corrected chi connectivity index (χ0v) is 16.6. The maximum Gasteiger partial charge on any atom is 0.191 e. The van der Waals surface area contributed by atoms with Crippen LogP contribution in [0.4, 0.5) is 4.39 Å². The van der Waals surface area contributed by atoms with Crippen LogP contribution in [-0.2, 0) is 11.2 Å². The Morgan fingerprint density at radius 3 is 2.71 bits per heavy atom. The van der Waals surface area contributed by atoms with Crippen molar-refractivity contribution >= 4 is 5.96 Å². The van der Waals surface area contributed by atoms with Gasteiger partial charge in [-0.05, 0) is 43.2 Å². The highest BCUT2D eigenvalue weighted by Crippen LogP contribution is 2.23. The fourth-order valence-electron chi connectivity index (χ4n) is 3.36. The van der Waals surface area contributed by atoms with E-state index < -0.39 is 0 Å². The van der Waals surface area contributed by atoms with Crippen LogP contribution in [0.1, 0.15) is 23.1 Å². The minimum Gasteiger partial charge on any atom is -0.465 e. The van der Waals surface area contributed by atoms with Gasteiger partial charge in [0.25, 0.3) is 0 Å². The molecule has 1 aromatic heterocycles. The van der Waals surface area contributed by atoms with Gasteiger partial charge in [-0.2, -0.15) is 0 Å². The lowest BCUT2D eigenvalue weighted by Gasteiger charge is -2.33. The van der Waals surface area contributed by atoms with Crippen LogP contribution in [0.15, 0.2) is 45.8 Å². The van der Waals surface area contributed by atoms with E-state index in [1.165, 1.54) is 6.07 Å². The SMILES string of the molecule is CN=C(NCCc1cccc(F)c1)NCC(c1ccc(C)o1)N1CCOCC1. The maximum atomic E-state index is 13.3. The summed E-state index contributed by atoms with van der Waals surface area (Å²) in [7, 11) is 1.75. The second-order valence-electron chi connectivity index (χ2n) is 6.87. The second-order valence-corrected chi connectivity index (χ2v) is 6.87. The van der Waals surface area contributed by atoms with Crippen LogP contribution in [0.3, 0.4) is 0 Å². The lowest BCUT2D eigenvalue weighted by atomic mass is 10.1. The van der Waals surface area contributed by atoms with Crippen LogP contribution in [0, 0.1) is 12.7 Å². The Morgan fingerprint density at radius 2 is 2.04 bits per heavy atom.